The molecule has 3 aromatic rings. The van der Waals surface area contributed by atoms with Gasteiger partial charge in [0.1, 0.15) is 12.7 Å². The minimum atomic E-state index is 0.493. The van der Waals surface area contributed by atoms with E-state index in [0.717, 1.165) is 15.7 Å². The van der Waals surface area contributed by atoms with Crippen molar-refractivity contribution in [3.63, 3.8) is 0 Å². The zero-order chi connectivity index (χ0) is 19.1. The highest BCUT2D eigenvalue weighted by Gasteiger charge is 2.12. The van der Waals surface area contributed by atoms with Crippen molar-refractivity contribution in [1.82, 2.24) is 14.9 Å². The summed E-state index contributed by atoms with van der Waals surface area (Å²) in [6.45, 7) is 0.493. The summed E-state index contributed by atoms with van der Waals surface area (Å²) in [4.78, 5) is 4.00. The van der Waals surface area contributed by atoms with Gasteiger partial charge in [-0.25, -0.2) is 4.68 Å². The fraction of sp³-hybridized carbons (Fsp3) is 0.0625. The standard InChI is InChI=1S/C16H13BrN6O3S/c17-15-6-3-13(7-16(15)24-27-26-25-19)9-23(22-10-20-21-11-22)14-4-1-12(8-18)2-5-14/h1-7,10-11H,9,19H2. The Morgan fingerprint density at radius 3 is 2.59 bits per heavy atom. The molecule has 0 spiro atoms. The van der Waals surface area contributed by atoms with E-state index in [0.29, 0.717) is 30.2 Å². The number of nitrogens with two attached hydrogens (primary N) is 1. The van der Waals surface area contributed by atoms with E-state index in [2.05, 4.69) is 41.5 Å². The van der Waals surface area contributed by atoms with Crippen LogP contribution in [-0.2, 0) is 15.9 Å². The average Bonchev–Trinajstić information content (AvgIpc) is 3.23. The lowest BCUT2D eigenvalue weighted by atomic mass is 10.2. The number of anilines is 1. The van der Waals surface area contributed by atoms with Crippen molar-refractivity contribution in [3.05, 3.63) is 70.7 Å². The highest BCUT2D eigenvalue weighted by atomic mass is 79.9. The van der Waals surface area contributed by atoms with E-state index in [1.165, 1.54) is 0 Å². The van der Waals surface area contributed by atoms with Crippen LogP contribution in [0.3, 0.4) is 0 Å². The zero-order valence-electron chi connectivity index (χ0n) is 13.7. The summed E-state index contributed by atoms with van der Waals surface area (Å²) >= 11 is 4.01. The highest BCUT2D eigenvalue weighted by Crippen LogP contribution is 2.30. The molecule has 0 aliphatic rings. The van der Waals surface area contributed by atoms with E-state index in [1.807, 2.05) is 35.3 Å². The largest absolute Gasteiger partial charge is 0.397 e. The fourth-order valence-corrected chi connectivity index (χ4v) is 2.99. The Bertz CT molecular complexity index is 917. The second kappa shape index (κ2) is 9.36. The molecular formula is C16H13BrN6O3S. The van der Waals surface area contributed by atoms with E-state index >= 15 is 0 Å². The van der Waals surface area contributed by atoms with E-state index in [9.17, 15) is 0 Å². The first-order valence-corrected chi connectivity index (χ1v) is 8.95. The lowest BCUT2D eigenvalue weighted by Crippen LogP contribution is -2.27. The second-order valence-electron chi connectivity index (χ2n) is 5.14. The third-order valence-corrected chi connectivity index (χ3v) is 4.54. The Kier molecular flexibility index (Phi) is 6.64. The van der Waals surface area contributed by atoms with Gasteiger partial charge >= 0.3 is 0 Å². The zero-order valence-corrected chi connectivity index (χ0v) is 16.1. The molecule has 1 aromatic heterocycles. The molecule has 0 saturated carbocycles. The first-order valence-electron chi connectivity index (χ1n) is 7.49. The van der Waals surface area contributed by atoms with Gasteiger partial charge < -0.3 is 4.18 Å². The lowest BCUT2D eigenvalue weighted by molar-refractivity contribution is -0.199. The molecule has 1 heterocycles. The van der Waals surface area contributed by atoms with Crippen LogP contribution in [0.25, 0.3) is 0 Å². The van der Waals surface area contributed by atoms with Crippen molar-refractivity contribution in [1.29, 1.82) is 5.26 Å². The molecule has 11 heteroatoms. The number of hydrogen-bond acceptors (Lipinski definition) is 9. The van der Waals surface area contributed by atoms with E-state index in [4.69, 9.17) is 15.3 Å². The summed E-state index contributed by atoms with van der Waals surface area (Å²) in [6, 6.07) is 15.0. The van der Waals surface area contributed by atoms with Gasteiger partial charge in [-0.15, -0.1) is 19.5 Å². The Morgan fingerprint density at radius 1 is 1.19 bits per heavy atom. The molecule has 138 valence electrons. The molecule has 0 saturated heterocycles. The number of nitrogens with zero attached hydrogens (tertiary/aromatic N) is 5. The predicted molar refractivity (Wildman–Crippen MR) is 101 cm³/mol. The molecular weight excluding hydrogens is 436 g/mol. The number of hydrogen-bond donors (Lipinski definition) is 1. The molecule has 0 amide bonds. The SMILES string of the molecule is N#Cc1ccc(N(Cc2ccc(Br)c(OSOON)c2)n2cnnc2)cc1. The Hall–Kier alpha value is -2.62. The number of nitriles is 1. The topological polar surface area (TPSA) is 111 Å². The molecule has 9 nitrogen and oxygen atoms in total. The number of halogens is 1. The minimum Gasteiger partial charge on any atom is -0.397 e. The van der Waals surface area contributed by atoms with Crippen LogP contribution in [0.15, 0.2) is 59.6 Å². The van der Waals surface area contributed by atoms with Crippen LogP contribution in [-0.4, -0.2) is 14.9 Å². The van der Waals surface area contributed by atoms with Gasteiger partial charge in [0.15, 0.2) is 5.75 Å². The van der Waals surface area contributed by atoms with Crippen molar-refractivity contribution < 1.29 is 13.5 Å². The van der Waals surface area contributed by atoms with Crippen LogP contribution in [0.4, 0.5) is 5.69 Å². The summed E-state index contributed by atoms with van der Waals surface area (Å²) in [6.07, 6.45) is 3.19. The summed E-state index contributed by atoms with van der Waals surface area (Å²) in [5, 5.41) is 18.7. The Balaban J connectivity index is 1.86. The van der Waals surface area contributed by atoms with E-state index in [1.54, 1.807) is 29.5 Å². The van der Waals surface area contributed by atoms with Crippen molar-refractivity contribution >= 4 is 33.9 Å². The van der Waals surface area contributed by atoms with Crippen molar-refractivity contribution in [2.45, 2.75) is 6.54 Å². The minimum absolute atomic E-state index is 0.493. The predicted octanol–water partition coefficient (Wildman–Crippen LogP) is 3.15. The van der Waals surface area contributed by atoms with Crippen LogP contribution in [0.1, 0.15) is 11.1 Å². The van der Waals surface area contributed by atoms with Crippen molar-refractivity contribution in [2.24, 2.45) is 5.90 Å². The monoisotopic (exact) mass is 448 g/mol. The Morgan fingerprint density at radius 2 is 1.93 bits per heavy atom. The molecule has 0 radical (unpaired) electrons. The quantitative estimate of drug-likeness (QED) is 0.240. The molecule has 0 aliphatic heterocycles. The average molecular weight is 449 g/mol. The van der Waals surface area contributed by atoms with Crippen LogP contribution in [0, 0.1) is 11.3 Å². The van der Waals surface area contributed by atoms with Gasteiger partial charge in [-0.05, 0) is 57.9 Å². The molecule has 3 rings (SSSR count). The summed E-state index contributed by atoms with van der Waals surface area (Å²) in [5.74, 6) is 5.33. The molecule has 27 heavy (non-hydrogen) atoms. The number of benzene rings is 2. The van der Waals surface area contributed by atoms with Crippen LogP contribution < -0.4 is 15.1 Å². The van der Waals surface area contributed by atoms with Crippen LogP contribution >= 0.6 is 28.3 Å². The molecule has 0 atom stereocenters. The molecule has 2 N–H and O–H groups in total. The van der Waals surface area contributed by atoms with Gasteiger partial charge in [0.2, 0.25) is 0 Å². The van der Waals surface area contributed by atoms with Gasteiger partial charge in [-0.1, -0.05) is 6.07 Å². The molecule has 0 unspecified atom stereocenters. The maximum atomic E-state index is 9.00. The van der Waals surface area contributed by atoms with Gasteiger partial charge in [0.05, 0.1) is 28.3 Å². The maximum Gasteiger partial charge on any atom is 0.260 e. The smallest absolute Gasteiger partial charge is 0.260 e. The summed E-state index contributed by atoms with van der Waals surface area (Å²) in [7, 11) is 0. The summed E-state index contributed by atoms with van der Waals surface area (Å²) in [5.41, 5.74) is 2.40. The third kappa shape index (κ3) is 4.97. The van der Waals surface area contributed by atoms with Crippen molar-refractivity contribution in [3.8, 4) is 11.8 Å². The summed E-state index contributed by atoms with van der Waals surface area (Å²) < 4.78 is 12.3. The van der Waals surface area contributed by atoms with Crippen LogP contribution in [0.5, 0.6) is 5.75 Å². The Labute approximate surface area is 167 Å². The molecule has 0 aliphatic carbocycles. The van der Waals surface area contributed by atoms with Gasteiger partial charge in [-0.2, -0.15) is 11.2 Å². The molecule has 0 fully saturated rings. The fourth-order valence-electron chi connectivity index (χ4n) is 2.28. The first kappa shape index (κ1) is 19.2. The van der Waals surface area contributed by atoms with Crippen molar-refractivity contribution in [2.75, 3.05) is 5.01 Å². The number of aromatic nitrogens is 3. The van der Waals surface area contributed by atoms with E-state index < -0.39 is 0 Å². The molecule has 2 aromatic carbocycles. The molecule has 0 bridgehead atoms. The third-order valence-electron chi connectivity index (χ3n) is 3.50. The van der Waals surface area contributed by atoms with E-state index in [-0.39, 0.29) is 0 Å². The maximum absolute atomic E-state index is 9.00. The van der Waals surface area contributed by atoms with Gasteiger partial charge in [0.25, 0.3) is 12.3 Å². The normalized spacial score (nSPS) is 10.4. The highest BCUT2D eigenvalue weighted by molar-refractivity contribution is 9.10. The number of rotatable bonds is 8. The van der Waals surface area contributed by atoms with Crippen LogP contribution in [0.2, 0.25) is 0 Å². The van der Waals surface area contributed by atoms with Gasteiger partial charge in [-0.3, -0.25) is 5.01 Å². The first-order chi connectivity index (χ1) is 13.2. The lowest BCUT2D eigenvalue weighted by Gasteiger charge is -2.25. The van der Waals surface area contributed by atoms with Gasteiger partial charge in [0, 0.05) is 0 Å². The second-order valence-corrected chi connectivity index (χ2v) is 6.43.